The number of hydrogen-bond donors (Lipinski definition) is 2. The normalized spacial score (nSPS) is 9.91. The Balaban J connectivity index is 3.60. The Morgan fingerprint density at radius 3 is 2.55 bits per heavy atom. The quantitative estimate of drug-likeness (QED) is 0.362. The first-order chi connectivity index (χ1) is 5.16. The molecule has 0 atom stereocenters. The number of aliphatic carboxylic acids is 1. The van der Waals surface area contributed by atoms with Crippen molar-refractivity contribution in [1.29, 1.82) is 0 Å². The van der Waals surface area contributed by atoms with E-state index in [9.17, 15) is 9.59 Å². The van der Waals surface area contributed by atoms with E-state index in [1.165, 1.54) is 0 Å². The maximum Gasteiger partial charge on any atom is 0.331 e. The van der Waals surface area contributed by atoms with Crippen molar-refractivity contribution in [3.05, 3.63) is 12.2 Å². The summed E-state index contributed by atoms with van der Waals surface area (Å²) in [6.45, 7) is 0.186. The van der Waals surface area contributed by atoms with E-state index in [2.05, 4.69) is 17.4 Å². The topological polar surface area (TPSA) is 63.6 Å². The summed E-state index contributed by atoms with van der Waals surface area (Å²) in [5.41, 5.74) is 0. The average molecular weight is 176 g/mol. The zero-order chi connectivity index (χ0) is 8.69. The second-order valence-electron chi connectivity index (χ2n) is 1.56. The van der Waals surface area contributed by atoms with Crippen LogP contribution in [0.5, 0.6) is 0 Å². The average Bonchev–Trinajstić information content (AvgIpc) is 1.97. The first-order valence-corrected chi connectivity index (χ1v) is 3.48. The summed E-state index contributed by atoms with van der Waals surface area (Å²) in [5, 5.41) is 8.08. The van der Waals surface area contributed by atoms with E-state index < -0.39 is 11.9 Å². The zero-order valence-electron chi connectivity index (χ0n) is 5.69. The summed E-state index contributed by atoms with van der Waals surface area (Å²) in [6, 6.07) is 0. The summed E-state index contributed by atoms with van der Waals surface area (Å²) < 4.78 is 4.48. The predicted molar refractivity (Wildman–Crippen MR) is 41.6 cm³/mol. The van der Waals surface area contributed by atoms with Gasteiger partial charge in [0, 0.05) is 17.9 Å². The molecule has 11 heavy (non-hydrogen) atoms. The molecule has 0 spiro atoms. The van der Waals surface area contributed by atoms with Gasteiger partial charge >= 0.3 is 11.9 Å². The van der Waals surface area contributed by atoms with Crippen LogP contribution in [0.2, 0.25) is 0 Å². The van der Waals surface area contributed by atoms with Crippen LogP contribution in [-0.2, 0) is 14.3 Å². The van der Waals surface area contributed by atoms with Crippen molar-refractivity contribution >= 4 is 24.6 Å². The lowest BCUT2D eigenvalue weighted by atomic mass is 10.5. The van der Waals surface area contributed by atoms with Gasteiger partial charge in [0.15, 0.2) is 0 Å². The number of carbonyl (C=O) groups excluding carboxylic acids is 1. The van der Waals surface area contributed by atoms with Crippen LogP contribution in [0.25, 0.3) is 0 Å². The Labute approximate surface area is 69.3 Å². The highest BCUT2D eigenvalue weighted by Crippen LogP contribution is 1.83. The third kappa shape index (κ3) is 6.92. The minimum absolute atomic E-state index is 0.186. The molecule has 0 radical (unpaired) electrons. The lowest BCUT2D eigenvalue weighted by Gasteiger charge is -1.95. The Kier molecular flexibility index (Phi) is 5.28. The van der Waals surface area contributed by atoms with Crippen LogP contribution in [0.1, 0.15) is 0 Å². The first kappa shape index (κ1) is 10.0. The molecular formula is C6H8O4S. The van der Waals surface area contributed by atoms with E-state index in [1.54, 1.807) is 0 Å². The molecule has 0 bridgehead atoms. The lowest BCUT2D eigenvalue weighted by Crippen LogP contribution is -2.03. The monoisotopic (exact) mass is 176 g/mol. The molecule has 0 aliphatic rings. The molecule has 62 valence electrons. The number of rotatable bonds is 4. The predicted octanol–water partition coefficient (Wildman–Crippen LogP) is 0.100. The molecule has 0 rings (SSSR count). The van der Waals surface area contributed by atoms with Gasteiger partial charge in [-0.15, -0.1) is 0 Å². The maximum absolute atomic E-state index is 10.5. The number of thiol groups is 1. The van der Waals surface area contributed by atoms with Crippen LogP contribution in [-0.4, -0.2) is 29.4 Å². The summed E-state index contributed by atoms with van der Waals surface area (Å²) in [5.74, 6) is -1.42. The van der Waals surface area contributed by atoms with E-state index in [4.69, 9.17) is 5.11 Å². The van der Waals surface area contributed by atoms with Crippen molar-refractivity contribution in [2.45, 2.75) is 0 Å². The highest BCUT2D eigenvalue weighted by molar-refractivity contribution is 7.80. The largest absolute Gasteiger partial charge is 0.478 e. The zero-order valence-corrected chi connectivity index (χ0v) is 6.58. The van der Waals surface area contributed by atoms with E-state index >= 15 is 0 Å². The van der Waals surface area contributed by atoms with Crippen LogP contribution < -0.4 is 0 Å². The number of hydrogen-bond acceptors (Lipinski definition) is 4. The first-order valence-electron chi connectivity index (χ1n) is 2.85. The molecule has 0 saturated carbocycles. The fourth-order valence-electron chi connectivity index (χ4n) is 0.334. The molecular weight excluding hydrogens is 168 g/mol. The minimum atomic E-state index is -1.17. The molecule has 0 saturated heterocycles. The molecule has 0 unspecified atom stereocenters. The Morgan fingerprint density at radius 2 is 2.09 bits per heavy atom. The summed E-state index contributed by atoms with van der Waals surface area (Å²) in [6.07, 6.45) is 1.58. The number of ether oxygens (including phenoxy) is 1. The molecule has 4 nitrogen and oxygen atoms in total. The molecule has 1 N–H and O–H groups in total. The van der Waals surface area contributed by atoms with Crippen molar-refractivity contribution < 1.29 is 19.4 Å². The van der Waals surface area contributed by atoms with Gasteiger partial charge in [0.1, 0.15) is 6.61 Å². The van der Waals surface area contributed by atoms with Gasteiger partial charge in [-0.25, -0.2) is 9.59 Å². The summed E-state index contributed by atoms with van der Waals surface area (Å²) >= 11 is 3.79. The number of carboxylic acids is 1. The Morgan fingerprint density at radius 1 is 1.45 bits per heavy atom. The van der Waals surface area contributed by atoms with Crippen LogP contribution >= 0.6 is 12.6 Å². The third-order valence-electron chi connectivity index (χ3n) is 0.698. The molecule has 0 aliphatic carbocycles. The summed E-state index contributed by atoms with van der Waals surface area (Å²) in [7, 11) is 0. The maximum atomic E-state index is 10.5. The Bertz CT molecular complexity index is 175. The number of carboxylic acid groups (broad SMARTS) is 1. The van der Waals surface area contributed by atoms with Crippen LogP contribution in [0.4, 0.5) is 0 Å². The lowest BCUT2D eigenvalue weighted by molar-refractivity contribution is -0.138. The molecule has 0 fully saturated rings. The van der Waals surface area contributed by atoms with Crippen LogP contribution in [0.15, 0.2) is 12.2 Å². The van der Waals surface area contributed by atoms with Gasteiger partial charge in [0.2, 0.25) is 0 Å². The SMILES string of the molecule is O=C(O)/C=C\C(=O)OCCS. The van der Waals surface area contributed by atoms with Crippen molar-refractivity contribution in [2.75, 3.05) is 12.4 Å². The highest BCUT2D eigenvalue weighted by Gasteiger charge is 1.95. The van der Waals surface area contributed by atoms with Crippen LogP contribution in [0, 0.1) is 0 Å². The van der Waals surface area contributed by atoms with Crippen molar-refractivity contribution in [3.8, 4) is 0 Å². The van der Waals surface area contributed by atoms with Crippen LogP contribution in [0.3, 0.4) is 0 Å². The van der Waals surface area contributed by atoms with E-state index in [1.807, 2.05) is 0 Å². The Hall–Kier alpha value is -0.970. The molecule has 0 aromatic heterocycles. The van der Waals surface area contributed by atoms with Gasteiger partial charge in [0.25, 0.3) is 0 Å². The fourth-order valence-corrected chi connectivity index (χ4v) is 0.425. The highest BCUT2D eigenvalue weighted by atomic mass is 32.1. The van der Waals surface area contributed by atoms with E-state index in [0.29, 0.717) is 5.75 Å². The van der Waals surface area contributed by atoms with Gasteiger partial charge in [-0.3, -0.25) is 0 Å². The fraction of sp³-hybridized carbons (Fsp3) is 0.333. The van der Waals surface area contributed by atoms with Gasteiger partial charge in [-0.05, 0) is 0 Å². The minimum Gasteiger partial charge on any atom is -0.478 e. The summed E-state index contributed by atoms with van der Waals surface area (Å²) in [4.78, 5) is 20.4. The number of carbonyl (C=O) groups is 2. The van der Waals surface area contributed by atoms with Gasteiger partial charge in [-0.1, -0.05) is 0 Å². The standard InChI is InChI=1S/C6H8O4S/c7-5(8)1-2-6(9)10-3-4-11/h1-2,11H,3-4H2,(H,7,8)/b2-1-. The number of esters is 1. The smallest absolute Gasteiger partial charge is 0.331 e. The van der Waals surface area contributed by atoms with Gasteiger partial charge in [0.05, 0.1) is 0 Å². The van der Waals surface area contributed by atoms with E-state index in [0.717, 1.165) is 12.2 Å². The molecule has 0 aromatic rings. The molecule has 0 heterocycles. The van der Waals surface area contributed by atoms with Crippen molar-refractivity contribution in [2.24, 2.45) is 0 Å². The third-order valence-corrected chi connectivity index (χ3v) is 0.880. The molecule has 5 heteroatoms. The van der Waals surface area contributed by atoms with Crippen molar-refractivity contribution in [1.82, 2.24) is 0 Å². The molecule has 0 aliphatic heterocycles. The second kappa shape index (κ2) is 5.79. The van der Waals surface area contributed by atoms with Gasteiger partial charge < -0.3 is 9.84 Å². The molecule has 0 amide bonds. The molecule has 0 aromatic carbocycles. The van der Waals surface area contributed by atoms with Crippen molar-refractivity contribution in [3.63, 3.8) is 0 Å². The second-order valence-corrected chi connectivity index (χ2v) is 2.01. The van der Waals surface area contributed by atoms with Gasteiger partial charge in [-0.2, -0.15) is 12.6 Å². The van der Waals surface area contributed by atoms with E-state index in [-0.39, 0.29) is 6.61 Å².